The number of thiazole rings is 1. The van der Waals surface area contributed by atoms with Crippen LogP contribution in [-0.4, -0.2) is 23.9 Å². The van der Waals surface area contributed by atoms with E-state index in [2.05, 4.69) is 15.6 Å². The van der Waals surface area contributed by atoms with Crippen LogP contribution in [0.25, 0.3) is 11.3 Å². The molecular weight excluding hydrogens is 381 g/mol. The Morgan fingerprint density at radius 2 is 2.00 bits per heavy atom. The summed E-state index contributed by atoms with van der Waals surface area (Å²) in [6, 6.07) is 11.5. The average molecular weight is 399 g/mol. The minimum absolute atomic E-state index is 0.277. The molecule has 0 saturated heterocycles. The summed E-state index contributed by atoms with van der Waals surface area (Å²) in [6.45, 7) is 1.77. The Bertz CT molecular complexity index is 1020. The molecular formula is C20H18FN3O3S. The van der Waals surface area contributed by atoms with E-state index in [0.29, 0.717) is 28.7 Å². The van der Waals surface area contributed by atoms with Crippen LogP contribution in [0.5, 0.6) is 0 Å². The summed E-state index contributed by atoms with van der Waals surface area (Å²) >= 11 is 1.20. The van der Waals surface area contributed by atoms with Crippen LogP contribution in [0.3, 0.4) is 0 Å². The number of anilines is 2. The second-order valence-corrected chi connectivity index (χ2v) is 6.86. The zero-order chi connectivity index (χ0) is 20.1. The standard InChI is InChI=1S/C20H18FN3O3S/c1-12(25)22-15-6-7-16(17(21)9-15)18-11-28-20(23-18)24-19(26)14-5-3-4-13(8-14)10-27-2/h3-9,11H,10H2,1-2H3,(H,22,25)(H,23,24,26). The molecule has 0 aliphatic rings. The van der Waals surface area contributed by atoms with E-state index in [1.165, 1.54) is 30.4 Å². The van der Waals surface area contributed by atoms with Crippen LogP contribution in [0, 0.1) is 5.82 Å². The summed E-state index contributed by atoms with van der Waals surface area (Å²) in [6.07, 6.45) is 0. The van der Waals surface area contributed by atoms with Gasteiger partial charge in [0.15, 0.2) is 5.13 Å². The predicted molar refractivity (Wildman–Crippen MR) is 107 cm³/mol. The first-order chi connectivity index (χ1) is 13.5. The topological polar surface area (TPSA) is 80.3 Å². The number of nitrogens with one attached hydrogen (secondary N) is 2. The Hall–Kier alpha value is -3.10. The van der Waals surface area contributed by atoms with Crippen LogP contribution in [0.2, 0.25) is 0 Å². The summed E-state index contributed by atoms with van der Waals surface area (Å²) in [4.78, 5) is 27.8. The van der Waals surface area contributed by atoms with Gasteiger partial charge in [0.1, 0.15) is 5.82 Å². The van der Waals surface area contributed by atoms with Gasteiger partial charge in [-0.2, -0.15) is 0 Å². The Kier molecular flexibility index (Phi) is 6.13. The molecule has 0 radical (unpaired) electrons. The Morgan fingerprint density at radius 3 is 2.71 bits per heavy atom. The highest BCUT2D eigenvalue weighted by molar-refractivity contribution is 7.14. The van der Waals surface area contributed by atoms with E-state index in [9.17, 15) is 14.0 Å². The molecule has 8 heteroatoms. The molecule has 0 aliphatic heterocycles. The number of hydrogen-bond donors (Lipinski definition) is 2. The van der Waals surface area contributed by atoms with Gasteiger partial charge >= 0.3 is 0 Å². The number of aromatic nitrogens is 1. The van der Waals surface area contributed by atoms with E-state index in [-0.39, 0.29) is 17.4 Å². The van der Waals surface area contributed by atoms with E-state index in [1.54, 1.807) is 36.8 Å². The first-order valence-electron chi connectivity index (χ1n) is 8.38. The number of ether oxygens (including phenoxy) is 1. The molecule has 3 rings (SSSR count). The molecule has 0 unspecified atom stereocenters. The van der Waals surface area contributed by atoms with Crippen LogP contribution in [0.15, 0.2) is 47.8 Å². The van der Waals surface area contributed by atoms with Crippen molar-refractivity contribution in [2.45, 2.75) is 13.5 Å². The minimum atomic E-state index is -0.512. The molecule has 2 amide bonds. The van der Waals surface area contributed by atoms with Crippen molar-refractivity contribution in [1.82, 2.24) is 4.98 Å². The largest absolute Gasteiger partial charge is 0.380 e. The van der Waals surface area contributed by atoms with Gasteiger partial charge in [-0.15, -0.1) is 11.3 Å². The highest BCUT2D eigenvalue weighted by Gasteiger charge is 2.13. The Labute approximate surface area is 165 Å². The lowest BCUT2D eigenvalue weighted by atomic mass is 10.1. The lowest BCUT2D eigenvalue weighted by molar-refractivity contribution is -0.114. The maximum atomic E-state index is 14.4. The summed E-state index contributed by atoms with van der Waals surface area (Å²) in [7, 11) is 1.59. The van der Waals surface area contributed by atoms with Gasteiger partial charge in [0.25, 0.3) is 5.91 Å². The van der Waals surface area contributed by atoms with Crippen molar-refractivity contribution in [2.75, 3.05) is 17.7 Å². The van der Waals surface area contributed by atoms with Crippen LogP contribution in [0.4, 0.5) is 15.2 Å². The SMILES string of the molecule is COCc1cccc(C(=O)Nc2nc(-c3ccc(NC(C)=O)cc3F)cs2)c1. The van der Waals surface area contributed by atoms with Crippen molar-refractivity contribution in [3.8, 4) is 11.3 Å². The van der Waals surface area contributed by atoms with E-state index in [1.807, 2.05) is 6.07 Å². The lowest BCUT2D eigenvalue weighted by Gasteiger charge is -2.05. The fourth-order valence-corrected chi connectivity index (χ4v) is 3.30. The molecule has 0 saturated carbocycles. The number of halogens is 1. The molecule has 144 valence electrons. The third-order valence-corrected chi connectivity index (χ3v) is 4.55. The summed E-state index contributed by atoms with van der Waals surface area (Å²) in [5.74, 6) is -1.09. The number of amides is 2. The third-order valence-electron chi connectivity index (χ3n) is 3.79. The second-order valence-electron chi connectivity index (χ2n) is 6.00. The van der Waals surface area contributed by atoms with Gasteiger partial charge in [0.05, 0.1) is 12.3 Å². The van der Waals surface area contributed by atoms with Crippen molar-refractivity contribution in [2.24, 2.45) is 0 Å². The molecule has 6 nitrogen and oxygen atoms in total. The van der Waals surface area contributed by atoms with E-state index in [0.717, 1.165) is 5.56 Å². The number of rotatable bonds is 6. The number of nitrogens with zero attached hydrogens (tertiary/aromatic N) is 1. The number of benzene rings is 2. The fourth-order valence-electron chi connectivity index (χ4n) is 2.60. The highest BCUT2D eigenvalue weighted by atomic mass is 32.1. The van der Waals surface area contributed by atoms with Gasteiger partial charge in [0, 0.05) is 36.2 Å². The number of carbonyl (C=O) groups excluding carboxylic acids is 2. The molecule has 0 spiro atoms. The maximum absolute atomic E-state index is 14.4. The summed E-state index contributed by atoms with van der Waals surface area (Å²) in [5.41, 5.74) is 2.43. The predicted octanol–water partition coefficient (Wildman–Crippen LogP) is 4.31. The van der Waals surface area contributed by atoms with Crippen molar-refractivity contribution in [3.05, 3.63) is 64.8 Å². The van der Waals surface area contributed by atoms with Gasteiger partial charge < -0.3 is 10.1 Å². The zero-order valence-electron chi connectivity index (χ0n) is 15.3. The molecule has 28 heavy (non-hydrogen) atoms. The van der Waals surface area contributed by atoms with Crippen molar-refractivity contribution in [3.63, 3.8) is 0 Å². The molecule has 1 heterocycles. The van der Waals surface area contributed by atoms with Crippen molar-refractivity contribution in [1.29, 1.82) is 0 Å². The number of methoxy groups -OCH3 is 1. The molecule has 0 bridgehead atoms. The second kappa shape index (κ2) is 8.73. The third kappa shape index (κ3) is 4.79. The zero-order valence-corrected chi connectivity index (χ0v) is 16.1. The van der Waals surface area contributed by atoms with Crippen molar-refractivity contribution < 1.29 is 18.7 Å². The van der Waals surface area contributed by atoms with E-state index >= 15 is 0 Å². The molecule has 0 aliphatic carbocycles. The molecule has 1 aromatic heterocycles. The van der Waals surface area contributed by atoms with Crippen molar-refractivity contribution >= 4 is 34.0 Å². The fraction of sp³-hybridized carbons (Fsp3) is 0.150. The van der Waals surface area contributed by atoms with Crippen LogP contribution >= 0.6 is 11.3 Å². The highest BCUT2D eigenvalue weighted by Crippen LogP contribution is 2.29. The smallest absolute Gasteiger partial charge is 0.257 e. The summed E-state index contributed by atoms with van der Waals surface area (Å²) < 4.78 is 19.4. The van der Waals surface area contributed by atoms with Gasteiger partial charge in [-0.3, -0.25) is 14.9 Å². The molecule has 2 N–H and O–H groups in total. The quantitative estimate of drug-likeness (QED) is 0.647. The van der Waals surface area contributed by atoms with Gasteiger partial charge in [0.2, 0.25) is 5.91 Å². The van der Waals surface area contributed by atoms with Crippen LogP contribution in [0.1, 0.15) is 22.8 Å². The monoisotopic (exact) mass is 399 g/mol. The van der Waals surface area contributed by atoms with Gasteiger partial charge in [-0.1, -0.05) is 12.1 Å². The maximum Gasteiger partial charge on any atom is 0.257 e. The van der Waals surface area contributed by atoms with E-state index < -0.39 is 5.82 Å². The van der Waals surface area contributed by atoms with Crippen LogP contribution in [-0.2, 0) is 16.1 Å². The molecule has 0 atom stereocenters. The van der Waals surface area contributed by atoms with Crippen LogP contribution < -0.4 is 10.6 Å². The average Bonchev–Trinajstić information content (AvgIpc) is 3.10. The van der Waals surface area contributed by atoms with Gasteiger partial charge in [-0.25, -0.2) is 9.37 Å². The Morgan fingerprint density at radius 1 is 1.18 bits per heavy atom. The molecule has 3 aromatic rings. The first-order valence-corrected chi connectivity index (χ1v) is 9.26. The Balaban J connectivity index is 1.74. The first kappa shape index (κ1) is 19.7. The summed E-state index contributed by atoms with van der Waals surface area (Å²) in [5, 5.41) is 7.27. The van der Waals surface area contributed by atoms with E-state index in [4.69, 9.17) is 4.74 Å². The number of carbonyl (C=O) groups is 2. The normalized spacial score (nSPS) is 10.5. The minimum Gasteiger partial charge on any atom is -0.380 e. The molecule has 0 fully saturated rings. The van der Waals surface area contributed by atoms with Gasteiger partial charge in [-0.05, 0) is 35.9 Å². The lowest BCUT2D eigenvalue weighted by Crippen LogP contribution is -2.12. The molecule has 2 aromatic carbocycles. The number of hydrogen-bond acceptors (Lipinski definition) is 5.